The lowest BCUT2D eigenvalue weighted by molar-refractivity contribution is -0.137. The van der Waals surface area contributed by atoms with Gasteiger partial charge in [0.15, 0.2) is 0 Å². The number of carbonyl (C=O) groups is 1. The molecule has 0 spiro atoms. The van der Waals surface area contributed by atoms with E-state index in [1.54, 1.807) is 44.2 Å². The Morgan fingerprint density at radius 1 is 1.38 bits per heavy atom. The average Bonchev–Trinajstić information content (AvgIpc) is 2.23. The summed E-state index contributed by atoms with van der Waals surface area (Å²) in [5.41, 5.74) is 0.687. The molecule has 1 N–H and O–H groups in total. The number of hydrogen-bond donors (Lipinski definition) is 1. The fourth-order valence-electron chi connectivity index (χ4n) is 0.786. The second kappa shape index (κ2) is 8.68. The number of esters is 1. The topological polar surface area (TPSA) is 46.5 Å². The van der Waals surface area contributed by atoms with E-state index >= 15 is 0 Å². The number of aliphatic hydroxyl groups is 1. The molecule has 3 nitrogen and oxygen atoms in total. The Labute approximate surface area is 96.4 Å². The van der Waals surface area contributed by atoms with Gasteiger partial charge in [0.2, 0.25) is 0 Å². The minimum absolute atomic E-state index is 0.363. The zero-order chi connectivity index (χ0) is 12.4. The maximum Gasteiger partial charge on any atom is 0.330 e. The van der Waals surface area contributed by atoms with E-state index in [2.05, 4.69) is 11.3 Å². The van der Waals surface area contributed by atoms with Crippen molar-refractivity contribution in [3.05, 3.63) is 48.6 Å². The van der Waals surface area contributed by atoms with E-state index in [9.17, 15) is 9.90 Å². The largest absolute Gasteiger partial charge is 0.463 e. The van der Waals surface area contributed by atoms with Gasteiger partial charge < -0.3 is 9.84 Å². The molecule has 0 aromatic carbocycles. The summed E-state index contributed by atoms with van der Waals surface area (Å²) < 4.78 is 4.69. The van der Waals surface area contributed by atoms with Crippen LogP contribution in [-0.4, -0.2) is 23.8 Å². The molecule has 0 radical (unpaired) electrons. The summed E-state index contributed by atoms with van der Waals surface area (Å²) in [5.74, 6) is -0.363. The van der Waals surface area contributed by atoms with Gasteiger partial charge in [0.1, 0.15) is 0 Å². The number of aliphatic hydroxyl groups excluding tert-OH is 1. The fourth-order valence-corrected chi connectivity index (χ4v) is 0.786. The monoisotopic (exact) mass is 222 g/mol. The average molecular weight is 222 g/mol. The first-order valence-electron chi connectivity index (χ1n) is 5.09. The zero-order valence-corrected chi connectivity index (χ0v) is 9.72. The lowest BCUT2D eigenvalue weighted by Crippen LogP contribution is -2.01. The summed E-state index contributed by atoms with van der Waals surface area (Å²) in [4.78, 5) is 10.9. The number of carbonyl (C=O) groups excluding carboxylic acids is 1. The van der Waals surface area contributed by atoms with Crippen molar-refractivity contribution < 1.29 is 14.6 Å². The Kier molecular flexibility index (Phi) is 7.81. The van der Waals surface area contributed by atoms with Crippen molar-refractivity contribution in [1.29, 1.82) is 0 Å². The van der Waals surface area contributed by atoms with E-state index in [-0.39, 0.29) is 5.97 Å². The molecule has 1 unspecified atom stereocenters. The molecule has 16 heavy (non-hydrogen) atoms. The lowest BCUT2D eigenvalue weighted by atomic mass is 10.2. The van der Waals surface area contributed by atoms with E-state index in [1.165, 1.54) is 6.08 Å². The fraction of sp³-hybridized carbons (Fsp3) is 0.308. The van der Waals surface area contributed by atoms with Gasteiger partial charge in [-0.05, 0) is 19.4 Å². The molecule has 0 saturated heterocycles. The molecule has 0 heterocycles. The van der Waals surface area contributed by atoms with Crippen LogP contribution in [0.15, 0.2) is 48.6 Å². The highest BCUT2D eigenvalue weighted by Gasteiger charge is 1.95. The molecule has 88 valence electrons. The van der Waals surface area contributed by atoms with E-state index in [4.69, 9.17) is 0 Å². The van der Waals surface area contributed by atoms with Gasteiger partial charge in [0, 0.05) is 6.08 Å². The summed E-state index contributed by atoms with van der Waals surface area (Å²) in [5, 5.41) is 9.33. The standard InChI is InChI=1S/C13H18O3/c1-4-16-13(15)10-8-6-5-7-9-12(14)11(2)3/h5-10,12,14H,2,4H2,1,3H3/b6-5-,9-7+,10-8+. The van der Waals surface area contributed by atoms with Crippen LogP contribution in [0.4, 0.5) is 0 Å². The molecule has 0 fully saturated rings. The van der Waals surface area contributed by atoms with Crippen LogP contribution in [0, 0.1) is 0 Å². The van der Waals surface area contributed by atoms with Crippen LogP contribution >= 0.6 is 0 Å². The smallest absolute Gasteiger partial charge is 0.330 e. The van der Waals surface area contributed by atoms with Crippen molar-refractivity contribution in [2.45, 2.75) is 20.0 Å². The predicted octanol–water partition coefficient (Wildman–Crippen LogP) is 2.16. The maximum absolute atomic E-state index is 10.9. The third-order valence-corrected chi connectivity index (χ3v) is 1.65. The first kappa shape index (κ1) is 14.4. The quantitative estimate of drug-likeness (QED) is 0.324. The molecular weight excluding hydrogens is 204 g/mol. The molecular formula is C13H18O3. The van der Waals surface area contributed by atoms with Gasteiger partial charge >= 0.3 is 5.97 Å². The Balaban J connectivity index is 3.94. The van der Waals surface area contributed by atoms with Crippen molar-refractivity contribution in [3.8, 4) is 0 Å². The van der Waals surface area contributed by atoms with Gasteiger partial charge in [-0.15, -0.1) is 0 Å². The second-order valence-corrected chi connectivity index (χ2v) is 3.17. The first-order valence-corrected chi connectivity index (χ1v) is 5.09. The number of hydrogen-bond acceptors (Lipinski definition) is 3. The molecule has 0 amide bonds. The van der Waals surface area contributed by atoms with Crippen LogP contribution in [0.5, 0.6) is 0 Å². The third kappa shape index (κ3) is 7.76. The van der Waals surface area contributed by atoms with E-state index < -0.39 is 6.10 Å². The number of allylic oxidation sites excluding steroid dienone is 4. The van der Waals surface area contributed by atoms with Crippen LogP contribution < -0.4 is 0 Å². The van der Waals surface area contributed by atoms with Crippen molar-refractivity contribution in [1.82, 2.24) is 0 Å². The zero-order valence-electron chi connectivity index (χ0n) is 9.72. The highest BCUT2D eigenvalue weighted by molar-refractivity contribution is 5.82. The minimum Gasteiger partial charge on any atom is -0.463 e. The van der Waals surface area contributed by atoms with Crippen molar-refractivity contribution in [2.75, 3.05) is 6.61 Å². The van der Waals surface area contributed by atoms with Gasteiger partial charge in [0.05, 0.1) is 12.7 Å². The van der Waals surface area contributed by atoms with Gasteiger partial charge in [0.25, 0.3) is 0 Å². The van der Waals surface area contributed by atoms with Crippen molar-refractivity contribution >= 4 is 5.97 Å². The Hall–Kier alpha value is -1.61. The van der Waals surface area contributed by atoms with Crippen LogP contribution in [0.25, 0.3) is 0 Å². The van der Waals surface area contributed by atoms with E-state index in [0.29, 0.717) is 12.2 Å². The van der Waals surface area contributed by atoms with Crippen molar-refractivity contribution in [3.63, 3.8) is 0 Å². The first-order chi connectivity index (χ1) is 7.57. The molecule has 0 aliphatic heterocycles. The van der Waals surface area contributed by atoms with E-state index in [1.807, 2.05) is 0 Å². The SMILES string of the molecule is C=C(C)C(O)/C=C/C=C\C=C\C(=O)OCC. The van der Waals surface area contributed by atoms with Gasteiger partial charge in [-0.25, -0.2) is 4.79 Å². The molecule has 0 aliphatic rings. The molecule has 0 aromatic rings. The lowest BCUT2D eigenvalue weighted by Gasteiger charge is -2.00. The predicted molar refractivity (Wildman–Crippen MR) is 64.9 cm³/mol. The second-order valence-electron chi connectivity index (χ2n) is 3.17. The normalized spacial score (nSPS) is 13.7. The van der Waals surface area contributed by atoms with Crippen LogP contribution in [-0.2, 0) is 9.53 Å². The van der Waals surface area contributed by atoms with Gasteiger partial charge in [-0.1, -0.05) is 37.0 Å². The summed E-state index contributed by atoms with van der Waals surface area (Å²) >= 11 is 0. The maximum atomic E-state index is 10.9. The number of ether oxygens (including phenoxy) is 1. The van der Waals surface area contributed by atoms with Crippen molar-refractivity contribution in [2.24, 2.45) is 0 Å². The van der Waals surface area contributed by atoms with E-state index in [0.717, 1.165) is 0 Å². The molecule has 0 rings (SSSR count). The highest BCUT2D eigenvalue weighted by Crippen LogP contribution is 1.98. The molecule has 0 bridgehead atoms. The minimum atomic E-state index is -0.626. The summed E-state index contributed by atoms with van der Waals surface area (Å²) in [6.07, 6.45) is 8.98. The molecule has 0 saturated carbocycles. The Morgan fingerprint density at radius 2 is 2.00 bits per heavy atom. The Bertz CT molecular complexity index is 311. The molecule has 3 heteroatoms. The Morgan fingerprint density at radius 3 is 2.56 bits per heavy atom. The molecule has 1 atom stereocenters. The van der Waals surface area contributed by atoms with Crippen LogP contribution in [0.3, 0.4) is 0 Å². The van der Waals surface area contributed by atoms with Crippen LogP contribution in [0.2, 0.25) is 0 Å². The number of rotatable bonds is 6. The van der Waals surface area contributed by atoms with Gasteiger partial charge in [-0.3, -0.25) is 0 Å². The van der Waals surface area contributed by atoms with Gasteiger partial charge in [-0.2, -0.15) is 0 Å². The molecule has 0 aliphatic carbocycles. The summed E-state index contributed by atoms with van der Waals surface area (Å²) in [6, 6.07) is 0. The highest BCUT2D eigenvalue weighted by atomic mass is 16.5. The third-order valence-electron chi connectivity index (χ3n) is 1.65. The van der Waals surface area contributed by atoms with Crippen LogP contribution in [0.1, 0.15) is 13.8 Å². The molecule has 0 aromatic heterocycles. The summed E-state index contributed by atoms with van der Waals surface area (Å²) in [6.45, 7) is 7.49. The summed E-state index contributed by atoms with van der Waals surface area (Å²) in [7, 11) is 0.